The second-order valence-corrected chi connectivity index (χ2v) is 11.8. The quantitative estimate of drug-likeness (QED) is 0.350. The third-order valence-electron chi connectivity index (χ3n) is 6.78. The molecule has 198 valence electrons. The average molecular weight is 549 g/mol. The van der Waals surface area contributed by atoms with Crippen molar-refractivity contribution < 1.29 is 27.2 Å². The first kappa shape index (κ1) is 25.9. The average Bonchev–Trinajstić information content (AvgIpc) is 3.54. The lowest BCUT2D eigenvalue weighted by Gasteiger charge is -2.25. The molecule has 1 unspecified atom stereocenters. The van der Waals surface area contributed by atoms with Gasteiger partial charge in [0.1, 0.15) is 24.1 Å². The number of hydrogen-bond acceptors (Lipinski definition) is 11. The van der Waals surface area contributed by atoms with Crippen LogP contribution in [0.5, 0.6) is 0 Å². The molecule has 0 amide bonds. The van der Waals surface area contributed by atoms with E-state index in [1.54, 1.807) is 0 Å². The number of nitrogens with zero attached hydrogens (tertiary/aromatic N) is 4. The second kappa shape index (κ2) is 10.2. The number of fused-ring (bicyclic) bond motifs is 1. The molecule has 1 saturated carbocycles. The van der Waals surface area contributed by atoms with Crippen molar-refractivity contribution in [2.24, 2.45) is 11.1 Å². The number of carbonyl (C=O) groups excluding carboxylic acids is 1. The van der Waals surface area contributed by atoms with Gasteiger partial charge in [0.15, 0.2) is 0 Å². The van der Waals surface area contributed by atoms with Gasteiger partial charge in [-0.05, 0) is 32.8 Å². The van der Waals surface area contributed by atoms with E-state index in [9.17, 15) is 18.3 Å². The lowest BCUT2D eigenvalue weighted by atomic mass is 10.1. The largest absolute Gasteiger partial charge is 0.393 e. The third-order valence-corrected chi connectivity index (χ3v) is 8.31. The molecule has 3 aromatic rings. The molecule has 12 nitrogen and oxygen atoms in total. The third kappa shape index (κ3) is 5.44. The van der Waals surface area contributed by atoms with Crippen molar-refractivity contribution in [3.63, 3.8) is 0 Å². The van der Waals surface area contributed by atoms with E-state index in [-0.39, 0.29) is 24.5 Å². The number of hydrogen-bond donors (Lipinski definition) is 3. The molecule has 0 saturated heterocycles. The van der Waals surface area contributed by atoms with Gasteiger partial charge in [-0.2, -0.15) is 8.42 Å². The van der Waals surface area contributed by atoms with E-state index in [0.717, 1.165) is 28.5 Å². The highest BCUT2D eigenvalue weighted by molar-refractivity contribution is 7.84. The number of ketones is 1. The van der Waals surface area contributed by atoms with E-state index in [4.69, 9.17) is 9.88 Å². The van der Waals surface area contributed by atoms with Gasteiger partial charge in [-0.15, -0.1) is 11.3 Å². The Morgan fingerprint density at radius 1 is 1.32 bits per heavy atom. The van der Waals surface area contributed by atoms with Crippen LogP contribution in [0.25, 0.3) is 0 Å². The number of aryl methyl sites for hydroxylation is 2. The first-order valence-electron chi connectivity index (χ1n) is 11.8. The number of ether oxygens (including phenoxy) is 1. The molecular formula is C23H28N6O6S2. The SMILES string of the molecule is Cc1sc(C(=O)c2cncnc2N[C@@H]2C[C@H](COS(N)(=O)=O)[C@@H](O)C2)cc1C1OCCn2c(C)cnc21. The second-order valence-electron chi connectivity index (χ2n) is 9.31. The fourth-order valence-electron chi connectivity index (χ4n) is 4.93. The molecule has 1 fully saturated rings. The summed E-state index contributed by atoms with van der Waals surface area (Å²) in [5.41, 5.74) is 2.28. The first-order chi connectivity index (χ1) is 17.6. The lowest BCUT2D eigenvalue weighted by molar-refractivity contribution is 0.0423. The summed E-state index contributed by atoms with van der Waals surface area (Å²) < 4.78 is 35.0. The molecule has 4 atom stereocenters. The van der Waals surface area contributed by atoms with Crippen LogP contribution in [-0.2, 0) is 25.8 Å². The Labute approximate surface area is 218 Å². The fourth-order valence-corrected chi connectivity index (χ4v) is 6.30. The summed E-state index contributed by atoms with van der Waals surface area (Å²) in [4.78, 5) is 27.9. The van der Waals surface area contributed by atoms with Crippen LogP contribution >= 0.6 is 11.3 Å². The van der Waals surface area contributed by atoms with E-state index in [1.165, 1.54) is 23.9 Å². The summed E-state index contributed by atoms with van der Waals surface area (Å²) in [6.45, 7) is 5.06. The monoisotopic (exact) mass is 548 g/mol. The lowest BCUT2D eigenvalue weighted by Crippen LogP contribution is -2.24. The summed E-state index contributed by atoms with van der Waals surface area (Å²) in [7, 11) is -4.09. The van der Waals surface area contributed by atoms with E-state index in [1.807, 2.05) is 26.1 Å². The van der Waals surface area contributed by atoms with E-state index in [2.05, 4.69) is 29.0 Å². The van der Waals surface area contributed by atoms with Crippen molar-refractivity contribution in [1.82, 2.24) is 19.5 Å². The van der Waals surface area contributed by atoms with Crippen LogP contribution in [0.2, 0.25) is 0 Å². The minimum absolute atomic E-state index is 0.216. The molecule has 4 heterocycles. The molecule has 1 aliphatic heterocycles. The summed E-state index contributed by atoms with van der Waals surface area (Å²) in [5.74, 6) is 0.518. The van der Waals surface area contributed by atoms with Gasteiger partial charge in [0.05, 0.1) is 29.8 Å². The summed E-state index contributed by atoms with van der Waals surface area (Å²) >= 11 is 1.38. The van der Waals surface area contributed by atoms with Crippen molar-refractivity contribution in [3.8, 4) is 0 Å². The maximum Gasteiger partial charge on any atom is 0.333 e. The molecule has 5 rings (SSSR count). The van der Waals surface area contributed by atoms with Crippen molar-refractivity contribution >= 4 is 33.2 Å². The van der Waals surface area contributed by atoms with Crippen LogP contribution in [0.3, 0.4) is 0 Å². The number of imidazole rings is 1. The van der Waals surface area contributed by atoms with Crippen LogP contribution in [0, 0.1) is 19.8 Å². The molecule has 0 aromatic carbocycles. The van der Waals surface area contributed by atoms with Gasteiger partial charge in [0.25, 0.3) is 0 Å². The molecule has 0 radical (unpaired) electrons. The van der Waals surface area contributed by atoms with Crippen LogP contribution < -0.4 is 10.5 Å². The van der Waals surface area contributed by atoms with Crippen molar-refractivity contribution in [2.75, 3.05) is 18.5 Å². The normalized spacial score (nSPS) is 23.7. The number of carbonyl (C=O) groups is 1. The van der Waals surface area contributed by atoms with Crippen molar-refractivity contribution in [2.45, 2.75) is 51.5 Å². The van der Waals surface area contributed by atoms with Gasteiger partial charge >= 0.3 is 10.3 Å². The predicted octanol–water partition coefficient (Wildman–Crippen LogP) is 1.47. The van der Waals surface area contributed by atoms with Gasteiger partial charge in [0, 0.05) is 47.0 Å². The van der Waals surface area contributed by atoms with Gasteiger partial charge in [-0.3, -0.25) is 8.98 Å². The Kier molecular flexibility index (Phi) is 7.13. The molecule has 0 bridgehead atoms. The summed E-state index contributed by atoms with van der Waals surface area (Å²) in [5, 5.41) is 18.5. The maximum absolute atomic E-state index is 13.6. The number of aliphatic hydroxyl groups excluding tert-OH is 1. The zero-order valence-electron chi connectivity index (χ0n) is 20.3. The minimum Gasteiger partial charge on any atom is -0.393 e. The van der Waals surface area contributed by atoms with Crippen LogP contribution in [0.15, 0.2) is 24.8 Å². The fraction of sp³-hybridized carbons (Fsp3) is 0.478. The van der Waals surface area contributed by atoms with Crippen LogP contribution in [0.1, 0.15) is 56.1 Å². The molecule has 2 aliphatic rings. The number of thiophene rings is 1. The van der Waals surface area contributed by atoms with Gasteiger partial charge < -0.3 is 19.7 Å². The highest BCUT2D eigenvalue weighted by Gasteiger charge is 2.35. The molecule has 14 heteroatoms. The molecule has 37 heavy (non-hydrogen) atoms. The van der Waals surface area contributed by atoms with Gasteiger partial charge in [0.2, 0.25) is 5.78 Å². The summed E-state index contributed by atoms with van der Waals surface area (Å²) in [6, 6.07) is 1.60. The molecular weight excluding hydrogens is 520 g/mol. The van der Waals surface area contributed by atoms with E-state index in [0.29, 0.717) is 35.7 Å². The molecule has 1 aliphatic carbocycles. The molecule has 4 N–H and O–H groups in total. The number of anilines is 1. The number of aliphatic hydroxyl groups is 1. The Morgan fingerprint density at radius 2 is 2.14 bits per heavy atom. The van der Waals surface area contributed by atoms with Crippen molar-refractivity contribution in [3.05, 3.63) is 57.2 Å². The topological polar surface area (TPSA) is 172 Å². The van der Waals surface area contributed by atoms with E-state index >= 15 is 0 Å². The molecule has 0 spiro atoms. The summed E-state index contributed by atoms with van der Waals surface area (Å²) in [6.07, 6.45) is 4.26. The Morgan fingerprint density at radius 3 is 2.92 bits per heavy atom. The standard InChI is InChI=1S/C23H28N6O6S2/c1-12-8-26-23-21(34-4-3-29(12)23)16-7-19(36-13(16)2)20(31)17-9-25-11-27-22(17)28-15-5-14(18(30)6-15)10-35-37(24,32)33/h7-9,11,14-15,18,21,30H,3-6,10H2,1-2H3,(H2,24,32,33)(H,25,27,28)/t14-,15-,18+,21?/m1/s1. The zero-order valence-corrected chi connectivity index (χ0v) is 22.0. The number of nitrogens with two attached hydrogens (primary N) is 1. The number of rotatable bonds is 8. The van der Waals surface area contributed by atoms with Crippen LogP contribution in [0.4, 0.5) is 5.82 Å². The zero-order chi connectivity index (χ0) is 26.3. The number of nitrogens with one attached hydrogen (secondary N) is 1. The highest BCUT2D eigenvalue weighted by Crippen LogP contribution is 2.37. The highest BCUT2D eigenvalue weighted by atomic mass is 32.2. The van der Waals surface area contributed by atoms with Crippen molar-refractivity contribution in [1.29, 1.82) is 0 Å². The minimum atomic E-state index is -4.09. The maximum atomic E-state index is 13.6. The Bertz CT molecular complexity index is 1420. The van der Waals surface area contributed by atoms with Gasteiger partial charge in [-0.1, -0.05) is 0 Å². The van der Waals surface area contributed by atoms with Gasteiger partial charge in [-0.25, -0.2) is 20.1 Å². The predicted molar refractivity (Wildman–Crippen MR) is 134 cm³/mol. The Hall–Kier alpha value is -2.75. The Balaban J connectivity index is 1.34. The smallest absolute Gasteiger partial charge is 0.333 e. The first-order valence-corrected chi connectivity index (χ1v) is 14.1. The number of aromatic nitrogens is 4. The molecule has 3 aromatic heterocycles. The van der Waals surface area contributed by atoms with Crippen LogP contribution in [-0.4, -0.2) is 64.2 Å². The van der Waals surface area contributed by atoms with E-state index < -0.39 is 22.3 Å².